The molecule has 5 heterocycles. The third-order valence-corrected chi connectivity index (χ3v) is 4.90. The number of carbonyl (C=O) groups excluding carboxylic acids is 1. The quantitative estimate of drug-likeness (QED) is 0.688. The van der Waals surface area contributed by atoms with Gasteiger partial charge < -0.3 is 4.90 Å². The summed E-state index contributed by atoms with van der Waals surface area (Å²) in [5.41, 5.74) is 1.98. The summed E-state index contributed by atoms with van der Waals surface area (Å²) in [5.74, 6) is 1.06. The predicted octanol–water partition coefficient (Wildman–Crippen LogP) is 1.10. The lowest BCUT2D eigenvalue weighted by atomic mass is 10.3. The van der Waals surface area contributed by atoms with Crippen LogP contribution < -0.4 is 9.80 Å². The molecular formula is C17H17FN8O. The molecule has 10 heteroatoms. The maximum atomic E-state index is 13.3. The van der Waals surface area contributed by atoms with Gasteiger partial charge >= 0.3 is 0 Å². The van der Waals surface area contributed by atoms with E-state index in [1.165, 1.54) is 0 Å². The number of hydrogen-bond acceptors (Lipinski definition) is 6. The van der Waals surface area contributed by atoms with Gasteiger partial charge in [-0.05, 0) is 18.6 Å². The van der Waals surface area contributed by atoms with Gasteiger partial charge in [-0.15, -0.1) is 10.2 Å². The second-order valence-corrected chi connectivity index (χ2v) is 6.78. The summed E-state index contributed by atoms with van der Waals surface area (Å²) in [7, 11) is 1.81. The van der Waals surface area contributed by atoms with Crippen LogP contribution in [0.1, 0.15) is 22.5 Å². The molecule has 2 aliphatic heterocycles. The highest BCUT2D eigenvalue weighted by Crippen LogP contribution is 2.28. The molecule has 0 bridgehead atoms. The van der Waals surface area contributed by atoms with Crippen molar-refractivity contribution in [3.8, 4) is 5.82 Å². The van der Waals surface area contributed by atoms with E-state index >= 15 is 0 Å². The van der Waals surface area contributed by atoms with Gasteiger partial charge in [-0.1, -0.05) is 0 Å². The smallest absolute Gasteiger partial charge is 0.262 e. The van der Waals surface area contributed by atoms with E-state index in [2.05, 4.69) is 20.4 Å². The second kappa shape index (κ2) is 5.86. The molecule has 1 amide bonds. The molecule has 9 nitrogen and oxygen atoms in total. The number of anilines is 2. The van der Waals surface area contributed by atoms with Crippen molar-refractivity contribution in [2.45, 2.75) is 19.1 Å². The predicted molar refractivity (Wildman–Crippen MR) is 94.6 cm³/mol. The van der Waals surface area contributed by atoms with Crippen molar-refractivity contribution >= 4 is 17.4 Å². The second-order valence-electron chi connectivity index (χ2n) is 6.78. The fourth-order valence-electron chi connectivity index (χ4n) is 3.48. The summed E-state index contributed by atoms with van der Waals surface area (Å²) in [6.45, 7) is 1.39. The lowest BCUT2D eigenvalue weighted by Crippen LogP contribution is -2.23. The van der Waals surface area contributed by atoms with Gasteiger partial charge in [-0.3, -0.25) is 14.4 Å². The van der Waals surface area contributed by atoms with Gasteiger partial charge in [0.05, 0.1) is 36.2 Å². The average Bonchev–Trinajstić information content (AvgIpc) is 3.42. The van der Waals surface area contributed by atoms with Gasteiger partial charge in [0, 0.05) is 26.0 Å². The molecule has 1 fully saturated rings. The minimum atomic E-state index is -0.811. The number of aryl methyl sites for hydroxylation is 1. The number of fused-ring (bicyclic) bond motifs is 1. The van der Waals surface area contributed by atoms with E-state index in [9.17, 15) is 9.18 Å². The molecule has 0 N–H and O–H groups in total. The molecule has 1 saturated heterocycles. The molecule has 0 radical (unpaired) electrons. The van der Waals surface area contributed by atoms with E-state index in [4.69, 9.17) is 0 Å². The average molecular weight is 368 g/mol. The van der Waals surface area contributed by atoms with E-state index < -0.39 is 6.17 Å². The zero-order valence-electron chi connectivity index (χ0n) is 14.7. The third kappa shape index (κ3) is 2.64. The lowest BCUT2D eigenvalue weighted by molar-refractivity contribution is 0.0996. The van der Waals surface area contributed by atoms with Crippen molar-refractivity contribution in [3.63, 3.8) is 0 Å². The number of aromatic nitrogens is 6. The molecule has 3 aromatic heterocycles. The maximum absolute atomic E-state index is 13.3. The van der Waals surface area contributed by atoms with E-state index in [1.54, 1.807) is 45.0 Å². The Balaban J connectivity index is 1.37. The van der Waals surface area contributed by atoms with Crippen LogP contribution in [0.2, 0.25) is 0 Å². The SMILES string of the molecule is Cn1cc(N2Cc3nn(-c4ccc(N5CC[C@@H](F)C5)nn4)cc3C2=O)cn1. The first-order chi connectivity index (χ1) is 13.1. The third-order valence-electron chi connectivity index (χ3n) is 4.90. The first-order valence-electron chi connectivity index (χ1n) is 8.70. The molecule has 0 spiro atoms. The maximum Gasteiger partial charge on any atom is 0.262 e. The van der Waals surface area contributed by atoms with Gasteiger partial charge in [0.25, 0.3) is 5.91 Å². The monoisotopic (exact) mass is 368 g/mol. The fraction of sp³-hybridized carbons (Fsp3) is 0.353. The topological polar surface area (TPSA) is 85.0 Å². The first-order valence-corrected chi connectivity index (χ1v) is 8.70. The Kier molecular flexibility index (Phi) is 3.46. The Morgan fingerprint density at radius 1 is 1.19 bits per heavy atom. The largest absolute Gasteiger partial charge is 0.352 e. The zero-order valence-corrected chi connectivity index (χ0v) is 14.7. The minimum Gasteiger partial charge on any atom is -0.352 e. The summed E-state index contributed by atoms with van der Waals surface area (Å²) in [6.07, 6.45) is 4.83. The Morgan fingerprint density at radius 3 is 2.63 bits per heavy atom. The zero-order chi connectivity index (χ0) is 18.5. The Bertz CT molecular complexity index is 1010. The normalized spacial score (nSPS) is 19.2. The van der Waals surface area contributed by atoms with Crippen LogP contribution in [-0.2, 0) is 13.6 Å². The van der Waals surface area contributed by atoms with Crippen LogP contribution in [-0.4, -0.2) is 54.9 Å². The van der Waals surface area contributed by atoms with Crippen LogP contribution in [0.3, 0.4) is 0 Å². The van der Waals surface area contributed by atoms with Gasteiger partial charge in [0.2, 0.25) is 0 Å². The number of nitrogens with zero attached hydrogens (tertiary/aromatic N) is 8. The van der Waals surface area contributed by atoms with Crippen molar-refractivity contribution in [2.24, 2.45) is 7.05 Å². The van der Waals surface area contributed by atoms with Crippen LogP contribution >= 0.6 is 0 Å². The first kappa shape index (κ1) is 15.9. The molecule has 0 saturated carbocycles. The number of carbonyl (C=O) groups is 1. The number of rotatable bonds is 3. The van der Waals surface area contributed by atoms with Crippen molar-refractivity contribution in [1.82, 2.24) is 29.8 Å². The van der Waals surface area contributed by atoms with Crippen molar-refractivity contribution in [1.29, 1.82) is 0 Å². The summed E-state index contributed by atoms with van der Waals surface area (Å²) in [6, 6.07) is 3.58. The molecule has 2 aliphatic rings. The van der Waals surface area contributed by atoms with E-state index in [0.717, 1.165) is 5.69 Å². The fourth-order valence-corrected chi connectivity index (χ4v) is 3.48. The van der Waals surface area contributed by atoms with Crippen LogP contribution in [0, 0.1) is 0 Å². The minimum absolute atomic E-state index is 0.111. The highest BCUT2D eigenvalue weighted by Gasteiger charge is 2.33. The molecule has 0 aromatic carbocycles. The molecule has 0 aliphatic carbocycles. The van der Waals surface area contributed by atoms with Gasteiger partial charge in [-0.25, -0.2) is 9.07 Å². The van der Waals surface area contributed by atoms with Crippen molar-refractivity contribution in [3.05, 3.63) is 42.0 Å². The molecule has 138 valence electrons. The summed E-state index contributed by atoms with van der Waals surface area (Å²) in [4.78, 5) is 16.2. The van der Waals surface area contributed by atoms with Crippen LogP contribution in [0.15, 0.2) is 30.7 Å². The molecule has 5 rings (SSSR count). The van der Waals surface area contributed by atoms with Crippen LogP contribution in [0.25, 0.3) is 5.82 Å². The van der Waals surface area contributed by atoms with Crippen molar-refractivity contribution in [2.75, 3.05) is 22.9 Å². The summed E-state index contributed by atoms with van der Waals surface area (Å²) in [5, 5.41) is 17.0. The van der Waals surface area contributed by atoms with E-state index in [0.29, 0.717) is 48.9 Å². The van der Waals surface area contributed by atoms with Crippen molar-refractivity contribution < 1.29 is 9.18 Å². The molecule has 27 heavy (non-hydrogen) atoms. The number of halogens is 1. The van der Waals surface area contributed by atoms with Gasteiger partial charge in [0.15, 0.2) is 11.6 Å². The standard InChI is InChI=1S/C17H17FN8O/c1-23-8-12(6-19-23)25-10-14-13(17(25)27)9-26(22-14)16-3-2-15(20-21-16)24-5-4-11(18)7-24/h2-3,6,8-9,11H,4-5,7,10H2,1H3/t11-/m1/s1. The number of hydrogen-bond donors (Lipinski definition) is 0. The number of amides is 1. The number of alkyl halides is 1. The van der Waals surface area contributed by atoms with Gasteiger partial charge in [0.1, 0.15) is 6.17 Å². The molecular weight excluding hydrogens is 351 g/mol. The Morgan fingerprint density at radius 2 is 2.00 bits per heavy atom. The Labute approximate surface area is 154 Å². The van der Waals surface area contributed by atoms with E-state index in [-0.39, 0.29) is 5.91 Å². The summed E-state index contributed by atoms with van der Waals surface area (Å²) >= 11 is 0. The highest BCUT2D eigenvalue weighted by molar-refractivity contribution is 6.09. The molecule has 1 atom stereocenters. The highest BCUT2D eigenvalue weighted by atomic mass is 19.1. The van der Waals surface area contributed by atoms with Crippen LogP contribution in [0.5, 0.6) is 0 Å². The molecule has 0 unspecified atom stereocenters. The van der Waals surface area contributed by atoms with E-state index in [1.807, 2.05) is 11.9 Å². The summed E-state index contributed by atoms with van der Waals surface area (Å²) < 4.78 is 16.6. The Hall–Kier alpha value is -3.30. The van der Waals surface area contributed by atoms with Gasteiger partial charge in [-0.2, -0.15) is 10.2 Å². The lowest BCUT2D eigenvalue weighted by Gasteiger charge is -2.15. The molecule has 3 aromatic rings. The van der Waals surface area contributed by atoms with Crippen LogP contribution in [0.4, 0.5) is 15.9 Å².